The van der Waals surface area contributed by atoms with Gasteiger partial charge in [-0.25, -0.2) is 0 Å². The van der Waals surface area contributed by atoms with E-state index in [0.717, 1.165) is 24.1 Å². The zero-order valence-electron chi connectivity index (χ0n) is 11.4. The monoisotopic (exact) mass is 273 g/mol. The van der Waals surface area contributed by atoms with Crippen LogP contribution in [0.2, 0.25) is 0 Å². The van der Waals surface area contributed by atoms with Crippen LogP contribution >= 0.6 is 0 Å². The summed E-state index contributed by atoms with van der Waals surface area (Å²) in [6.45, 7) is 0.278. The van der Waals surface area contributed by atoms with Crippen LogP contribution in [0.15, 0.2) is 24.3 Å². The van der Waals surface area contributed by atoms with E-state index >= 15 is 0 Å². The van der Waals surface area contributed by atoms with Crippen LogP contribution in [0.25, 0.3) is 0 Å². The molecule has 1 unspecified atom stereocenters. The molecular weight excluding hydrogens is 254 g/mol. The molecule has 4 nitrogen and oxygen atoms in total. The maximum absolute atomic E-state index is 12.5. The Balaban J connectivity index is 1.80. The fourth-order valence-electron chi connectivity index (χ4n) is 3.43. The lowest BCUT2D eigenvalue weighted by Crippen LogP contribution is -2.32. The number of fused-ring (bicyclic) bond motifs is 1. The van der Waals surface area contributed by atoms with Crippen molar-refractivity contribution in [2.45, 2.75) is 38.0 Å². The highest BCUT2D eigenvalue weighted by molar-refractivity contribution is 5.99. The molecule has 1 fully saturated rings. The topological polar surface area (TPSA) is 57.6 Å². The summed E-state index contributed by atoms with van der Waals surface area (Å²) in [6, 6.07) is 7.36. The van der Waals surface area contributed by atoms with E-state index in [9.17, 15) is 14.7 Å². The molecule has 4 heteroatoms. The molecule has 1 aromatic carbocycles. The highest BCUT2D eigenvalue weighted by atomic mass is 16.4. The standard InChI is InChI=1S/C16H19NO3/c18-15(9-11-5-1-2-6-11)17-10-13(16(19)20)12-7-3-4-8-14(12)17/h3-4,7-8,11,13H,1-2,5-6,9-10H2,(H,19,20). The second kappa shape index (κ2) is 5.27. The van der Waals surface area contributed by atoms with E-state index in [1.54, 1.807) is 4.90 Å². The number of nitrogens with zero attached hydrogens (tertiary/aromatic N) is 1. The average Bonchev–Trinajstić information content (AvgIpc) is 3.05. The summed E-state index contributed by atoms with van der Waals surface area (Å²) in [5.74, 6) is -0.876. The predicted octanol–water partition coefficient (Wildman–Crippen LogP) is 2.78. The van der Waals surface area contributed by atoms with E-state index in [2.05, 4.69) is 0 Å². The molecule has 2 aliphatic rings. The highest BCUT2D eigenvalue weighted by Crippen LogP contribution is 2.37. The number of benzene rings is 1. The van der Waals surface area contributed by atoms with Gasteiger partial charge < -0.3 is 10.0 Å². The number of carboxylic acids is 1. The van der Waals surface area contributed by atoms with Crippen LogP contribution in [0.5, 0.6) is 0 Å². The van der Waals surface area contributed by atoms with Gasteiger partial charge in [0.05, 0.1) is 0 Å². The summed E-state index contributed by atoms with van der Waals surface area (Å²) in [5, 5.41) is 9.31. The fourth-order valence-corrected chi connectivity index (χ4v) is 3.43. The van der Waals surface area contributed by atoms with Crippen molar-refractivity contribution in [2.24, 2.45) is 5.92 Å². The van der Waals surface area contributed by atoms with Crippen LogP contribution in [-0.2, 0) is 9.59 Å². The molecule has 1 aromatic rings. The van der Waals surface area contributed by atoms with E-state index in [1.165, 1.54) is 12.8 Å². The van der Waals surface area contributed by atoms with Crippen molar-refractivity contribution in [3.05, 3.63) is 29.8 Å². The number of anilines is 1. The van der Waals surface area contributed by atoms with Gasteiger partial charge >= 0.3 is 5.97 Å². The molecule has 0 saturated heterocycles. The minimum atomic E-state index is -0.853. The van der Waals surface area contributed by atoms with Gasteiger partial charge in [0, 0.05) is 18.7 Å². The first-order valence-corrected chi connectivity index (χ1v) is 7.29. The van der Waals surface area contributed by atoms with Crippen molar-refractivity contribution >= 4 is 17.6 Å². The summed E-state index contributed by atoms with van der Waals surface area (Å²) < 4.78 is 0. The van der Waals surface area contributed by atoms with E-state index < -0.39 is 11.9 Å². The Morgan fingerprint density at radius 1 is 1.20 bits per heavy atom. The lowest BCUT2D eigenvalue weighted by Gasteiger charge is -2.19. The average molecular weight is 273 g/mol. The molecule has 1 heterocycles. The normalized spacial score (nSPS) is 22.0. The number of aliphatic carboxylic acids is 1. The molecule has 106 valence electrons. The molecule has 1 amide bonds. The quantitative estimate of drug-likeness (QED) is 0.921. The van der Waals surface area contributed by atoms with Crippen LogP contribution in [0.4, 0.5) is 5.69 Å². The molecule has 0 bridgehead atoms. The van der Waals surface area contributed by atoms with Gasteiger partial charge in [0.1, 0.15) is 5.92 Å². The molecule has 3 rings (SSSR count). The van der Waals surface area contributed by atoms with Gasteiger partial charge in [-0.15, -0.1) is 0 Å². The number of hydrogen-bond donors (Lipinski definition) is 1. The van der Waals surface area contributed by atoms with Crippen LogP contribution in [0.1, 0.15) is 43.6 Å². The SMILES string of the molecule is O=C(O)C1CN(C(=O)CC2CCCC2)c2ccccc21. The van der Waals surface area contributed by atoms with Gasteiger partial charge in [-0.05, 0) is 30.4 Å². The maximum atomic E-state index is 12.5. The van der Waals surface area contributed by atoms with Crippen molar-refractivity contribution in [3.63, 3.8) is 0 Å². The van der Waals surface area contributed by atoms with Crippen LogP contribution in [0, 0.1) is 5.92 Å². The number of amides is 1. The Labute approximate surface area is 118 Å². The third-order valence-electron chi connectivity index (χ3n) is 4.51. The van der Waals surface area contributed by atoms with E-state index in [-0.39, 0.29) is 12.5 Å². The number of para-hydroxylation sites is 1. The van der Waals surface area contributed by atoms with E-state index in [1.807, 2.05) is 24.3 Å². The zero-order chi connectivity index (χ0) is 14.1. The largest absolute Gasteiger partial charge is 0.481 e. The molecule has 0 radical (unpaired) electrons. The van der Waals surface area contributed by atoms with Crippen molar-refractivity contribution in [1.29, 1.82) is 0 Å². The summed E-state index contributed by atoms with van der Waals surface area (Å²) in [5.41, 5.74) is 1.54. The number of hydrogen-bond acceptors (Lipinski definition) is 2. The van der Waals surface area contributed by atoms with Crippen molar-refractivity contribution in [1.82, 2.24) is 0 Å². The molecular formula is C16H19NO3. The minimum Gasteiger partial charge on any atom is -0.481 e. The number of rotatable bonds is 3. The van der Waals surface area contributed by atoms with Gasteiger partial charge in [0.15, 0.2) is 0 Å². The molecule has 0 spiro atoms. The van der Waals surface area contributed by atoms with Crippen LogP contribution in [0.3, 0.4) is 0 Å². The predicted molar refractivity (Wildman–Crippen MR) is 75.7 cm³/mol. The Bertz CT molecular complexity index is 534. The second-order valence-electron chi connectivity index (χ2n) is 5.81. The molecule has 1 saturated carbocycles. The third-order valence-corrected chi connectivity index (χ3v) is 4.51. The lowest BCUT2D eigenvalue weighted by atomic mass is 10.0. The van der Waals surface area contributed by atoms with Gasteiger partial charge in [0.2, 0.25) is 5.91 Å². The number of carbonyl (C=O) groups excluding carboxylic acids is 1. The van der Waals surface area contributed by atoms with Crippen molar-refractivity contribution in [3.8, 4) is 0 Å². The summed E-state index contributed by atoms with van der Waals surface area (Å²) in [7, 11) is 0. The van der Waals surface area contributed by atoms with Crippen molar-refractivity contribution < 1.29 is 14.7 Å². The summed E-state index contributed by atoms with van der Waals surface area (Å²) >= 11 is 0. The Kier molecular flexibility index (Phi) is 3.47. The Morgan fingerprint density at radius 3 is 2.60 bits per heavy atom. The van der Waals surface area contributed by atoms with Crippen LogP contribution in [-0.4, -0.2) is 23.5 Å². The molecule has 1 N–H and O–H groups in total. The third kappa shape index (κ3) is 2.30. The van der Waals surface area contributed by atoms with Crippen molar-refractivity contribution in [2.75, 3.05) is 11.4 Å². The molecule has 1 aliphatic carbocycles. The van der Waals surface area contributed by atoms with Gasteiger partial charge in [-0.3, -0.25) is 9.59 Å². The van der Waals surface area contributed by atoms with Gasteiger partial charge in [-0.2, -0.15) is 0 Å². The maximum Gasteiger partial charge on any atom is 0.312 e. The molecule has 20 heavy (non-hydrogen) atoms. The summed E-state index contributed by atoms with van der Waals surface area (Å²) in [4.78, 5) is 25.5. The molecule has 0 aromatic heterocycles. The minimum absolute atomic E-state index is 0.0769. The Hall–Kier alpha value is -1.84. The summed E-state index contributed by atoms with van der Waals surface area (Å²) in [6.07, 6.45) is 5.24. The van der Waals surface area contributed by atoms with Gasteiger partial charge in [-0.1, -0.05) is 31.0 Å². The first kappa shape index (κ1) is 13.2. The number of carbonyl (C=O) groups is 2. The first-order chi connectivity index (χ1) is 9.66. The lowest BCUT2D eigenvalue weighted by molar-refractivity contribution is -0.138. The Morgan fingerprint density at radius 2 is 1.90 bits per heavy atom. The van der Waals surface area contributed by atoms with E-state index in [4.69, 9.17) is 0 Å². The van der Waals surface area contributed by atoms with Crippen LogP contribution < -0.4 is 4.90 Å². The molecule has 1 aliphatic heterocycles. The van der Waals surface area contributed by atoms with Gasteiger partial charge in [0.25, 0.3) is 0 Å². The number of carboxylic acid groups (broad SMARTS) is 1. The smallest absolute Gasteiger partial charge is 0.312 e. The second-order valence-corrected chi connectivity index (χ2v) is 5.81. The fraction of sp³-hybridized carbons (Fsp3) is 0.500. The first-order valence-electron chi connectivity index (χ1n) is 7.29. The zero-order valence-corrected chi connectivity index (χ0v) is 11.4. The highest BCUT2D eigenvalue weighted by Gasteiger charge is 2.36. The van der Waals surface area contributed by atoms with E-state index in [0.29, 0.717) is 12.3 Å². The molecule has 1 atom stereocenters.